The highest BCUT2D eigenvalue weighted by molar-refractivity contribution is 6.49. The first-order valence-corrected chi connectivity index (χ1v) is 8.12. The molecule has 2 aliphatic heterocycles. The van der Waals surface area contributed by atoms with Crippen LogP contribution in [0.1, 0.15) is 15.9 Å². The number of carbonyl (C=O) groups excluding carboxylic acids is 4. The molecule has 2 aromatic carbocycles. The van der Waals surface area contributed by atoms with Crippen LogP contribution in [0, 0.1) is 12.0 Å². The van der Waals surface area contributed by atoms with Crippen LogP contribution in [-0.4, -0.2) is 33.8 Å². The van der Waals surface area contributed by atoms with Crippen LogP contribution in [0.5, 0.6) is 0 Å². The molecule has 1 unspecified atom stereocenters. The van der Waals surface area contributed by atoms with Crippen LogP contribution in [0.4, 0.5) is 5.69 Å². The van der Waals surface area contributed by atoms with E-state index >= 15 is 0 Å². The molecule has 27 heavy (non-hydrogen) atoms. The van der Waals surface area contributed by atoms with Gasteiger partial charge in [0.2, 0.25) is 0 Å². The molecule has 0 aliphatic carbocycles. The number of rotatable bonds is 0. The highest BCUT2D eigenvalue weighted by atomic mass is 35.5. The number of imide groups is 1. The molecule has 0 bridgehead atoms. The summed E-state index contributed by atoms with van der Waals surface area (Å²) in [6.07, 6.45) is 0. The number of esters is 1. The van der Waals surface area contributed by atoms with Crippen LogP contribution in [0.15, 0.2) is 54.6 Å². The zero-order valence-electron chi connectivity index (χ0n) is 13.5. The van der Waals surface area contributed by atoms with Gasteiger partial charge < -0.3 is 4.74 Å². The number of para-hydroxylation sites is 1. The SMILES string of the molecule is O=C1OC2(Cl)C(=O)N(C#Cc3ccccc3)c3ccccc3C(=O)N2C1=O. The third-order valence-corrected chi connectivity index (χ3v) is 4.43. The topological polar surface area (TPSA) is 84.0 Å². The number of halogens is 1. The predicted octanol–water partition coefficient (Wildman–Crippen LogP) is 1.46. The van der Waals surface area contributed by atoms with Gasteiger partial charge in [-0.05, 0) is 41.8 Å². The quantitative estimate of drug-likeness (QED) is 0.172. The van der Waals surface area contributed by atoms with Gasteiger partial charge in [-0.2, -0.15) is 0 Å². The summed E-state index contributed by atoms with van der Waals surface area (Å²) < 4.78 is 4.76. The molecule has 1 saturated heterocycles. The van der Waals surface area contributed by atoms with Gasteiger partial charge in [-0.15, -0.1) is 0 Å². The number of alkyl halides is 1. The van der Waals surface area contributed by atoms with Crippen molar-refractivity contribution in [1.82, 2.24) is 4.90 Å². The van der Waals surface area contributed by atoms with E-state index in [9.17, 15) is 19.2 Å². The van der Waals surface area contributed by atoms with E-state index in [2.05, 4.69) is 12.0 Å². The van der Waals surface area contributed by atoms with Crippen molar-refractivity contribution < 1.29 is 23.9 Å². The van der Waals surface area contributed by atoms with E-state index < -0.39 is 28.9 Å². The first kappa shape index (κ1) is 16.8. The van der Waals surface area contributed by atoms with Crippen molar-refractivity contribution in [2.24, 2.45) is 0 Å². The maximum absolute atomic E-state index is 13.0. The summed E-state index contributed by atoms with van der Waals surface area (Å²) in [5, 5.41) is -2.62. The number of hydrogen-bond acceptors (Lipinski definition) is 5. The second-order valence-corrected chi connectivity index (χ2v) is 6.17. The lowest BCUT2D eigenvalue weighted by Crippen LogP contribution is -2.53. The number of fused-ring (bicyclic) bond motifs is 2. The highest BCUT2D eigenvalue weighted by Crippen LogP contribution is 2.39. The summed E-state index contributed by atoms with van der Waals surface area (Å²) in [5.74, 6) is -1.87. The van der Waals surface area contributed by atoms with Gasteiger partial charge in [-0.3, -0.25) is 14.4 Å². The molecule has 0 saturated carbocycles. The van der Waals surface area contributed by atoms with Gasteiger partial charge in [-0.1, -0.05) is 30.3 Å². The average Bonchev–Trinajstić information content (AvgIpc) is 2.88. The number of ether oxygens (including phenoxy) is 1. The Morgan fingerprint density at radius 2 is 1.56 bits per heavy atom. The molecular formula is C19H9ClN2O5. The molecule has 3 amide bonds. The molecule has 2 aromatic rings. The molecule has 0 N–H and O–H groups in total. The minimum atomic E-state index is -2.62. The largest absolute Gasteiger partial charge is 0.407 e. The first-order chi connectivity index (χ1) is 12.9. The molecule has 8 heteroatoms. The average molecular weight is 381 g/mol. The molecule has 0 aromatic heterocycles. The van der Waals surface area contributed by atoms with Crippen molar-refractivity contribution in [3.8, 4) is 12.0 Å². The van der Waals surface area contributed by atoms with Gasteiger partial charge in [0.05, 0.1) is 11.3 Å². The van der Waals surface area contributed by atoms with Crippen molar-refractivity contribution in [3.05, 3.63) is 65.7 Å². The summed E-state index contributed by atoms with van der Waals surface area (Å²) in [6, 6.07) is 17.5. The minimum absolute atomic E-state index is 0.0117. The molecule has 2 aliphatic rings. The second-order valence-electron chi connectivity index (χ2n) is 5.66. The number of benzene rings is 2. The van der Waals surface area contributed by atoms with E-state index in [1.165, 1.54) is 12.1 Å². The zero-order chi connectivity index (χ0) is 19.2. The van der Waals surface area contributed by atoms with Crippen molar-refractivity contribution in [2.45, 2.75) is 5.18 Å². The van der Waals surface area contributed by atoms with E-state index in [1.54, 1.807) is 36.4 Å². The van der Waals surface area contributed by atoms with Crippen molar-refractivity contribution in [1.29, 1.82) is 0 Å². The van der Waals surface area contributed by atoms with E-state index in [1.807, 2.05) is 6.07 Å². The van der Waals surface area contributed by atoms with Gasteiger partial charge in [-0.25, -0.2) is 14.6 Å². The van der Waals surface area contributed by atoms with Crippen molar-refractivity contribution in [3.63, 3.8) is 0 Å². The summed E-state index contributed by atoms with van der Waals surface area (Å²) in [6.45, 7) is 0. The zero-order valence-corrected chi connectivity index (χ0v) is 14.3. The Kier molecular flexibility index (Phi) is 3.72. The Balaban J connectivity index is 1.91. The van der Waals surface area contributed by atoms with E-state index in [0.717, 1.165) is 4.90 Å². The van der Waals surface area contributed by atoms with Gasteiger partial charge in [0.15, 0.2) is 0 Å². The maximum Gasteiger partial charge on any atom is 0.401 e. The molecule has 4 rings (SSSR count). The number of amides is 3. The maximum atomic E-state index is 13.0. The van der Waals surface area contributed by atoms with Gasteiger partial charge in [0, 0.05) is 11.6 Å². The van der Waals surface area contributed by atoms with Crippen LogP contribution in [-0.2, 0) is 19.1 Å². The predicted molar refractivity (Wildman–Crippen MR) is 93.1 cm³/mol. The molecule has 7 nitrogen and oxygen atoms in total. The smallest absolute Gasteiger partial charge is 0.401 e. The number of anilines is 1. The fourth-order valence-corrected chi connectivity index (χ4v) is 3.07. The standard InChI is InChI=1S/C19H9ClN2O5/c20-19-18(26)21(11-10-12-6-2-1-3-7-12)14-9-5-4-8-13(14)15(23)22(19)16(24)17(25)27-19/h1-9H. The lowest BCUT2D eigenvalue weighted by Gasteiger charge is -2.25. The van der Waals surface area contributed by atoms with E-state index in [-0.39, 0.29) is 11.3 Å². The fraction of sp³-hybridized carbons (Fsp3) is 0.0526. The van der Waals surface area contributed by atoms with Gasteiger partial charge >= 0.3 is 23.0 Å². The van der Waals surface area contributed by atoms with Gasteiger partial charge in [0.25, 0.3) is 5.91 Å². The molecule has 1 atom stereocenters. The minimum Gasteiger partial charge on any atom is -0.407 e. The molecule has 132 valence electrons. The number of nitrogens with zero attached hydrogens (tertiary/aromatic N) is 2. The normalized spacial score (nSPS) is 21.1. The molecular weight excluding hydrogens is 372 g/mol. The van der Waals surface area contributed by atoms with Crippen molar-refractivity contribution in [2.75, 3.05) is 4.90 Å². The van der Waals surface area contributed by atoms with Crippen LogP contribution in [0.3, 0.4) is 0 Å². The third-order valence-electron chi connectivity index (χ3n) is 4.02. The first-order valence-electron chi connectivity index (χ1n) is 7.74. The highest BCUT2D eigenvalue weighted by Gasteiger charge is 2.64. The second kappa shape index (κ2) is 5.97. The molecule has 2 heterocycles. The Morgan fingerprint density at radius 1 is 0.889 bits per heavy atom. The Bertz CT molecular complexity index is 1070. The Labute approximate surface area is 158 Å². The van der Waals surface area contributed by atoms with E-state index in [0.29, 0.717) is 10.5 Å². The van der Waals surface area contributed by atoms with E-state index in [4.69, 9.17) is 16.3 Å². The Hall–Kier alpha value is -3.63. The summed E-state index contributed by atoms with van der Waals surface area (Å²) >= 11 is 6.16. The fourth-order valence-electron chi connectivity index (χ4n) is 2.77. The lowest BCUT2D eigenvalue weighted by atomic mass is 10.1. The molecule has 1 fully saturated rings. The molecule has 0 spiro atoms. The molecule has 0 radical (unpaired) electrons. The van der Waals surface area contributed by atoms with Gasteiger partial charge in [0.1, 0.15) is 0 Å². The van der Waals surface area contributed by atoms with Crippen LogP contribution >= 0.6 is 11.6 Å². The lowest BCUT2D eigenvalue weighted by molar-refractivity contribution is -0.154. The van der Waals surface area contributed by atoms with Crippen LogP contribution in [0.25, 0.3) is 0 Å². The number of carbonyl (C=O) groups is 4. The third kappa shape index (κ3) is 2.46. The monoisotopic (exact) mass is 380 g/mol. The summed E-state index contributed by atoms with van der Waals surface area (Å²) in [7, 11) is 0. The van der Waals surface area contributed by atoms with Crippen molar-refractivity contribution >= 4 is 41.0 Å². The Morgan fingerprint density at radius 3 is 2.30 bits per heavy atom. The van der Waals surface area contributed by atoms with Crippen LogP contribution < -0.4 is 4.90 Å². The van der Waals surface area contributed by atoms with Crippen LogP contribution in [0.2, 0.25) is 0 Å². The summed E-state index contributed by atoms with van der Waals surface area (Å²) in [5.41, 5.74) is 0.731. The summed E-state index contributed by atoms with van der Waals surface area (Å²) in [4.78, 5) is 50.9. The number of hydrogen-bond donors (Lipinski definition) is 0.